The van der Waals surface area contributed by atoms with Crippen LogP contribution in [0.5, 0.6) is 0 Å². The van der Waals surface area contributed by atoms with Crippen molar-refractivity contribution in [2.75, 3.05) is 0 Å². The number of alkyl halides is 3. The maximum absolute atomic E-state index is 14.1. The van der Waals surface area contributed by atoms with Gasteiger partial charge in [-0.05, 0) is 18.1 Å². The Morgan fingerprint density at radius 1 is 1.29 bits per heavy atom. The Kier molecular flexibility index (Phi) is 4.34. The van der Waals surface area contributed by atoms with E-state index in [4.69, 9.17) is 5.73 Å². The van der Waals surface area contributed by atoms with Gasteiger partial charge in [0, 0.05) is 17.0 Å². The molecule has 21 heavy (non-hydrogen) atoms. The summed E-state index contributed by atoms with van der Waals surface area (Å²) < 4.78 is 52.4. The second-order valence-corrected chi connectivity index (χ2v) is 5.93. The van der Waals surface area contributed by atoms with Crippen LogP contribution >= 0.6 is 11.3 Å². The largest absolute Gasteiger partial charge is 0.419 e. The van der Waals surface area contributed by atoms with Crippen LogP contribution in [-0.2, 0) is 12.7 Å². The van der Waals surface area contributed by atoms with Crippen LogP contribution in [0.25, 0.3) is 10.6 Å². The highest BCUT2D eigenvalue weighted by Gasteiger charge is 2.35. The molecule has 0 atom stereocenters. The average Bonchev–Trinajstić information content (AvgIpc) is 2.81. The van der Waals surface area contributed by atoms with Gasteiger partial charge in [-0.3, -0.25) is 0 Å². The lowest BCUT2D eigenvalue weighted by Gasteiger charge is -2.09. The van der Waals surface area contributed by atoms with E-state index in [1.165, 1.54) is 12.1 Å². The number of halogens is 4. The fourth-order valence-corrected chi connectivity index (χ4v) is 3.11. The Labute approximate surface area is 123 Å². The molecular formula is C14H14F4N2S. The molecule has 0 amide bonds. The first-order valence-electron chi connectivity index (χ1n) is 6.31. The molecule has 1 aromatic heterocycles. The minimum Gasteiger partial charge on any atom is -0.326 e. The molecular weight excluding hydrogens is 304 g/mol. The molecule has 2 N–H and O–H groups in total. The molecule has 2 rings (SSSR count). The molecule has 0 saturated heterocycles. The lowest BCUT2D eigenvalue weighted by Crippen LogP contribution is -2.08. The maximum atomic E-state index is 14.1. The van der Waals surface area contributed by atoms with Crippen molar-refractivity contribution < 1.29 is 17.6 Å². The van der Waals surface area contributed by atoms with Crippen molar-refractivity contribution in [3.8, 4) is 10.6 Å². The van der Waals surface area contributed by atoms with Crippen LogP contribution < -0.4 is 5.73 Å². The standard InChI is InChI=1S/C14H14F4N2S/c1-7(2)12-10(6-19)21-13(20-12)8-4-3-5-9(11(8)15)14(16,17)18/h3-5,7H,6,19H2,1-2H3. The fraction of sp³-hybridized carbons (Fsp3) is 0.357. The van der Waals surface area contributed by atoms with Gasteiger partial charge in [0.1, 0.15) is 10.8 Å². The van der Waals surface area contributed by atoms with Gasteiger partial charge in [0.25, 0.3) is 0 Å². The van der Waals surface area contributed by atoms with E-state index in [0.717, 1.165) is 22.3 Å². The maximum Gasteiger partial charge on any atom is 0.419 e. The van der Waals surface area contributed by atoms with Crippen molar-refractivity contribution in [3.05, 3.63) is 40.2 Å². The van der Waals surface area contributed by atoms with Crippen LogP contribution in [-0.4, -0.2) is 4.98 Å². The molecule has 1 aromatic carbocycles. The highest BCUT2D eigenvalue weighted by atomic mass is 32.1. The van der Waals surface area contributed by atoms with Gasteiger partial charge in [0.15, 0.2) is 0 Å². The molecule has 0 fully saturated rings. The summed E-state index contributed by atoms with van der Waals surface area (Å²) in [4.78, 5) is 5.03. The molecule has 0 aliphatic heterocycles. The van der Waals surface area contributed by atoms with Crippen LogP contribution in [0.2, 0.25) is 0 Å². The first-order valence-corrected chi connectivity index (χ1v) is 7.13. The minimum atomic E-state index is -4.73. The zero-order valence-corrected chi connectivity index (χ0v) is 12.3. The van der Waals surface area contributed by atoms with E-state index in [2.05, 4.69) is 4.98 Å². The summed E-state index contributed by atoms with van der Waals surface area (Å²) in [5, 5.41) is 0.225. The highest BCUT2D eigenvalue weighted by Crippen LogP contribution is 2.38. The zero-order valence-electron chi connectivity index (χ0n) is 11.5. The van der Waals surface area contributed by atoms with E-state index in [1.54, 1.807) is 0 Å². The van der Waals surface area contributed by atoms with Crippen LogP contribution in [0.3, 0.4) is 0 Å². The molecule has 114 valence electrons. The number of thiazole rings is 1. The molecule has 1 heterocycles. The lowest BCUT2D eigenvalue weighted by atomic mass is 10.1. The second kappa shape index (κ2) is 5.73. The van der Waals surface area contributed by atoms with Gasteiger partial charge in [-0.15, -0.1) is 11.3 Å². The summed E-state index contributed by atoms with van der Waals surface area (Å²) in [5.74, 6) is -1.22. The van der Waals surface area contributed by atoms with Gasteiger partial charge >= 0.3 is 6.18 Å². The van der Waals surface area contributed by atoms with Crippen molar-refractivity contribution in [1.82, 2.24) is 4.98 Å². The van der Waals surface area contributed by atoms with E-state index >= 15 is 0 Å². The van der Waals surface area contributed by atoms with Crippen LogP contribution in [0.15, 0.2) is 18.2 Å². The predicted octanol–water partition coefficient (Wildman–Crippen LogP) is 4.55. The summed E-state index contributed by atoms with van der Waals surface area (Å²) in [6.45, 7) is 4.03. The first-order chi connectivity index (χ1) is 9.75. The smallest absolute Gasteiger partial charge is 0.326 e. The number of nitrogens with two attached hydrogens (primary N) is 1. The Morgan fingerprint density at radius 3 is 2.43 bits per heavy atom. The third-order valence-electron chi connectivity index (χ3n) is 2.99. The molecule has 0 saturated carbocycles. The van der Waals surface area contributed by atoms with Crippen molar-refractivity contribution in [2.24, 2.45) is 5.73 Å². The Morgan fingerprint density at radius 2 is 1.95 bits per heavy atom. The van der Waals surface area contributed by atoms with Gasteiger partial charge in [-0.2, -0.15) is 13.2 Å². The van der Waals surface area contributed by atoms with Gasteiger partial charge < -0.3 is 5.73 Å². The number of hydrogen-bond donors (Lipinski definition) is 1. The van der Waals surface area contributed by atoms with E-state index in [0.29, 0.717) is 5.69 Å². The monoisotopic (exact) mass is 318 g/mol. The minimum absolute atomic E-state index is 0.0717. The normalized spacial score (nSPS) is 12.2. The zero-order chi connectivity index (χ0) is 15.8. The molecule has 0 aliphatic rings. The predicted molar refractivity (Wildman–Crippen MR) is 74.5 cm³/mol. The Bertz CT molecular complexity index is 647. The van der Waals surface area contributed by atoms with E-state index in [-0.39, 0.29) is 23.0 Å². The van der Waals surface area contributed by atoms with Crippen molar-refractivity contribution in [1.29, 1.82) is 0 Å². The third kappa shape index (κ3) is 3.08. The molecule has 0 bridgehead atoms. The molecule has 0 aliphatic carbocycles. The quantitative estimate of drug-likeness (QED) is 0.843. The number of rotatable bonds is 3. The topological polar surface area (TPSA) is 38.9 Å². The number of benzene rings is 1. The lowest BCUT2D eigenvalue weighted by molar-refractivity contribution is -0.139. The Balaban J connectivity index is 2.58. The SMILES string of the molecule is CC(C)c1nc(-c2cccc(C(F)(F)F)c2F)sc1CN. The van der Waals surface area contributed by atoms with Gasteiger partial charge in [0.05, 0.1) is 11.3 Å². The van der Waals surface area contributed by atoms with E-state index in [9.17, 15) is 17.6 Å². The molecule has 7 heteroatoms. The Hall–Kier alpha value is -1.47. The molecule has 0 radical (unpaired) electrons. The van der Waals surface area contributed by atoms with Gasteiger partial charge in [-0.25, -0.2) is 9.37 Å². The van der Waals surface area contributed by atoms with Crippen molar-refractivity contribution >= 4 is 11.3 Å². The summed E-state index contributed by atoms with van der Waals surface area (Å²) in [6.07, 6.45) is -4.73. The molecule has 2 aromatic rings. The van der Waals surface area contributed by atoms with Crippen LogP contribution in [0, 0.1) is 5.82 Å². The van der Waals surface area contributed by atoms with Gasteiger partial charge in [-0.1, -0.05) is 19.9 Å². The first kappa shape index (κ1) is 15.9. The van der Waals surface area contributed by atoms with Gasteiger partial charge in [0.2, 0.25) is 0 Å². The summed E-state index contributed by atoms with van der Waals surface area (Å²) in [5.41, 5.74) is 4.89. The van der Waals surface area contributed by atoms with Crippen molar-refractivity contribution in [2.45, 2.75) is 32.5 Å². The number of aromatic nitrogens is 1. The third-order valence-corrected chi connectivity index (χ3v) is 4.12. The number of hydrogen-bond acceptors (Lipinski definition) is 3. The summed E-state index contributed by atoms with van der Waals surface area (Å²) in [7, 11) is 0. The second-order valence-electron chi connectivity index (χ2n) is 4.85. The number of nitrogens with zero attached hydrogens (tertiary/aromatic N) is 1. The van der Waals surface area contributed by atoms with Crippen LogP contribution in [0.1, 0.15) is 35.9 Å². The highest BCUT2D eigenvalue weighted by molar-refractivity contribution is 7.15. The van der Waals surface area contributed by atoms with Crippen LogP contribution in [0.4, 0.5) is 17.6 Å². The fourth-order valence-electron chi connectivity index (χ4n) is 1.99. The van der Waals surface area contributed by atoms with E-state index in [1.807, 2.05) is 13.8 Å². The summed E-state index contributed by atoms with van der Waals surface area (Å²) >= 11 is 1.13. The average molecular weight is 318 g/mol. The molecule has 0 unspecified atom stereocenters. The molecule has 0 spiro atoms. The van der Waals surface area contributed by atoms with E-state index < -0.39 is 17.6 Å². The summed E-state index contributed by atoms with van der Waals surface area (Å²) in [6, 6.07) is 3.20. The molecule has 2 nitrogen and oxygen atoms in total. The van der Waals surface area contributed by atoms with Crippen molar-refractivity contribution in [3.63, 3.8) is 0 Å².